The van der Waals surface area contributed by atoms with E-state index in [-0.39, 0.29) is 0 Å². The van der Waals surface area contributed by atoms with E-state index in [1.54, 1.807) is 19.3 Å². The van der Waals surface area contributed by atoms with Crippen LogP contribution in [0.25, 0.3) is 0 Å². The lowest BCUT2D eigenvalue weighted by atomic mass is 9.88. The van der Waals surface area contributed by atoms with Crippen molar-refractivity contribution in [2.45, 2.75) is 64.3 Å². The zero-order valence-corrected chi connectivity index (χ0v) is 12.7. The molecular weight excluding hydrogens is 232 g/mol. The van der Waals surface area contributed by atoms with Crippen LogP contribution in [0.15, 0.2) is 0 Å². The molecule has 3 fully saturated rings. The molecule has 0 spiro atoms. The van der Waals surface area contributed by atoms with Crippen LogP contribution in [0.3, 0.4) is 0 Å². The van der Waals surface area contributed by atoms with Gasteiger partial charge in [0.15, 0.2) is 0 Å². The van der Waals surface area contributed by atoms with Crippen LogP contribution >= 0.6 is 0 Å². The Balaban J connectivity index is 1.49. The molecule has 1 saturated heterocycles. The highest BCUT2D eigenvalue weighted by Crippen LogP contribution is 2.48. The molecule has 2 aliphatic carbocycles. The summed E-state index contributed by atoms with van der Waals surface area (Å²) in [4.78, 5) is 2.79. The Morgan fingerprint density at radius 3 is 2.63 bits per heavy atom. The molecule has 3 aliphatic rings. The quantitative estimate of drug-likeness (QED) is 0.792. The highest BCUT2D eigenvalue weighted by Gasteiger charge is 2.39. The van der Waals surface area contributed by atoms with Gasteiger partial charge in [0.2, 0.25) is 0 Å². The number of fused-ring (bicyclic) bond motifs is 2. The number of hydrogen-bond acceptors (Lipinski definition) is 2. The van der Waals surface area contributed by atoms with Gasteiger partial charge < -0.3 is 10.2 Å². The maximum atomic E-state index is 3.73. The van der Waals surface area contributed by atoms with E-state index in [1.807, 2.05) is 0 Å². The van der Waals surface area contributed by atoms with Gasteiger partial charge in [0.25, 0.3) is 0 Å². The normalized spacial score (nSPS) is 38.2. The summed E-state index contributed by atoms with van der Waals surface area (Å²) in [7, 11) is 0. The van der Waals surface area contributed by atoms with E-state index in [0.29, 0.717) is 0 Å². The predicted molar refractivity (Wildman–Crippen MR) is 81.3 cm³/mol. The summed E-state index contributed by atoms with van der Waals surface area (Å²) < 4.78 is 0. The van der Waals surface area contributed by atoms with Gasteiger partial charge in [0.1, 0.15) is 0 Å². The molecule has 110 valence electrons. The highest BCUT2D eigenvalue weighted by atomic mass is 15.2. The van der Waals surface area contributed by atoms with Gasteiger partial charge in [-0.2, -0.15) is 0 Å². The fourth-order valence-electron chi connectivity index (χ4n) is 4.90. The van der Waals surface area contributed by atoms with Gasteiger partial charge in [-0.05, 0) is 69.4 Å². The maximum Gasteiger partial charge on any atom is 0.0195 e. The van der Waals surface area contributed by atoms with E-state index in [9.17, 15) is 0 Å². The van der Waals surface area contributed by atoms with Crippen molar-refractivity contribution in [2.75, 3.05) is 26.2 Å². The molecule has 1 N–H and O–H groups in total. The van der Waals surface area contributed by atoms with Crippen LogP contribution in [0.2, 0.25) is 0 Å². The Kier molecular flexibility index (Phi) is 4.81. The molecule has 0 aromatic rings. The van der Waals surface area contributed by atoms with Gasteiger partial charge in [0, 0.05) is 19.1 Å². The van der Waals surface area contributed by atoms with Gasteiger partial charge in [-0.25, -0.2) is 0 Å². The standard InChI is InChI=1S/C17H32N2/c1-2-9-19(13-17-5-3-4-8-18-17)12-16-11-14-6-7-15(16)10-14/h14-18H,2-13H2,1H3. The van der Waals surface area contributed by atoms with Crippen LogP contribution < -0.4 is 5.32 Å². The van der Waals surface area contributed by atoms with Crippen LogP contribution in [-0.2, 0) is 0 Å². The van der Waals surface area contributed by atoms with Crippen molar-refractivity contribution in [3.63, 3.8) is 0 Å². The molecule has 19 heavy (non-hydrogen) atoms. The van der Waals surface area contributed by atoms with Crippen LogP contribution in [-0.4, -0.2) is 37.1 Å². The second-order valence-electron chi connectivity index (χ2n) is 7.34. The van der Waals surface area contributed by atoms with E-state index in [1.165, 1.54) is 58.3 Å². The van der Waals surface area contributed by atoms with Crippen molar-refractivity contribution in [1.29, 1.82) is 0 Å². The number of nitrogens with one attached hydrogen (secondary N) is 1. The van der Waals surface area contributed by atoms with Gasteiger partial charge in [-0.3, -0.25) is 0 Å². The molecule has 0 amide bonds. The molecule has 2 saturated carbocycles. The number of hydrogen-bond donors (Lipinski definition) is 1. The van der Waals surface area contributed by atoms with E-state index < -0.39 is 0 Å². The molecule has 2 nitrogen and oxygen atoms in total. The molecule has 4 unspecified atom stereocenters. The van der Waals surface area contributed by atoms with Gasteiger partial charge in [0.05, 0.1) is 0 Å². The fourth-order valence-corrected chi connectivity index (χ4v) is 4.90. The highest BCUT2D eigenvalue weighted by molar-refractivity contribution is 4.91. The third-order valence-corrected chi connectivity index (χ3v) is 5.81. The average molecular weight is 264 g/mol. The molecule has 0 aromatic heterocycles. The first-order valence-corrected chi connectivity index (χ1v) is 8.81. The van der Waals surface area contributed by atoms with Crippen LogP contribution in [0, 0.1) is 17.8 Å². The first kappa shape index (κ1) is 13.9. The molecule has 0 aromatic carbocycles. The first-order valence-electron chi connectivity index (χ1n) is 8.81. The minimum absolute atomic E-state index is 0.777. The van der Waals surface area contributed by atoms with Crippen molar-refractivity contribution in [2.24, 2.45) is 17.8 Å². The molecule has 2 bridgehead atoms. The van der Waals surface area contributed by atoms with E-state index in [0.717, 1.165) is 23.8 Å². The minimum atomic E-state index is 0.777. The lowest BCUT2D eigenvalue weighted by Gasteiger charge is -2.34. The van der Waals surface area contributed by atoms with E-state index in [4.69, 9.17) is 0 Å². The number of nitrogens with zero attached hydrogens (tertiary/aromatic N) is 1. The minimum Gasteiger partial charge on any atom is -0.313 e. The molecule has 1 aliphatic heterocycles. The summed E-state index contributed by atoms with van der Waals surface area (Å²) in [6, 6.07) is 0.777. The molecule has 1 heterocycles. The Labute approximate surface area is 119 Å². The lowest BCUT2D eigenvalue weighted by Crippen LogP contribution is -2.45. The Bertz CT molecular complexity index is 272. The van der Waals surface area contributed by atoms with E-state index >= 15 is 0 Å². The fraction of sp³-hybridized carbons (Fsp3) is 1.00. The van der Waals surface area contributed by atoms with Crippen LogP contribution in [0.4, 0.5) is 0 Å². The summed E-state index contributed by atoms with van der Waals surface area (Å²) in [5.41, 5.74) is 0. The second-order valence-corrected chi connectivity index (χ2v) is 7.34. The van der Waals surface area contributed by atoms with Crippen molar-refractivity contribution >= 4 is 0 Å². The van der Waals surface area contributed by atoms with Gasteiger partial charge in [-0.1, -0.05) is 19.8 Å². The SMILES string of the molecule is CCCN(CC1CCCCN1)CC1CC2CCC1C2. The van der Waals surface area contributed by atoms with Crippen molar-refractivity contribution < 1.29 is 0 Å². The zero-order chi connectivity index (χ0) is 13.1. The topological polar surface area (TPSA) is 15.3 Å². The monoisotopic (exact) mass is 264 g/mol. The van der Waals surface area contributed by atoms with Crippen molar-refractivity contribution in [3.05, 3.63) is 0 Å². The zero-order valence-electron chi connectivity index (χ0n) is 12.7. The molecule has 2 heteroatoms. The van der Waals surface area contributed by atoms with Gasteiger partial charge >= 0.3 is 0 Å². The molecular formula is C17H32N2. The summed E-state index contributed by atoms with van der Waals surface area (Å²) >= 11 is 0. The van der Waals surface area contributed by atoms with Crippen LogP contribution in [0.5, 0.6) is 0 Å². The maximum absolute atomic E-state index is 3.73. The third-order valence-electron chi connectivity index (χ3n) is 5.81. The summed E-state index contributed by atoms with van der Waals surface area (Å²) in [5.74, 6) is 3.23. The molecule has 4 atom stereocenters. The number of piperidine rings is 1. The average Bonchev–Trinajstić information content (AvgIpc) is 3.02. The summed E-state index contributed by atoms with van der Waals surface area (Å²) in [5, 5.41) is 3.73. The number of rotatable bonds is 6. The Morgan fingerprint density at radius 1 is 1.05 bits per heavy atom. The van der Waals surface area contributed by atoms with Crippen LogP contribution in [0.1, 0.15) is 58.3 Å². The first-order chi connectivity index (χ1) is 9.35. The summed E-state index contributed by atoms with van der Waals surface area (Å²) in [6.07, 6.45) is 11.7. The lowest BCUT2D eigenvalue weighted by molar-refractivity contribution is 0.167. The largest absolute Gasteiger partial charge is 0.313 e. The second kappa shape index (κ2) is 6.58. The summed E-state index contributed by atoms with van der Waals surface area (Å²) in [6.45, 7) is 7.60. The smallest absolute Gasteiger partial charge is 0.0195 e. The van der Waals surface area contributed by atoms with Crippen molar-refractivity contribution in [3.8, 4) is 0 Å². The molecule has 3 rings (SSSR count). The Hall–Kier alpha value is -0.0800. The Morgan fingerprint density at radius 2 is 2.00 bits per heavy atom. The molecule has 0 radical (unpaired) electrons. The van der Waals surface area contributed by atoms with E-state index in [2.05, 4.69) is 17.1 Å². The van der Waals surface area contributed by atoms with Crippen molar-refractivity contribution in [1.82, 2.24) is 10.2 Å². The third kappa shape index (κ3) is 3.52. The predicted octanol–water partition coefficient (Wildman–Crippen LogP) is 3.28. The van der Waals surface area contributed by atoms with Gasteiger partial charge in [-0.15, -0.1) is 0 Å².